The Balaban J connectivity index is -0.00000000103. The Kier molecular flexibility index (Phi) is 970. The Morgan fingerprint density at radius 2 is 0.667 bits per heavy atom. The van der Waals surface area contributed by atoms with Crippen LogP contribution in [-0.4, -0.2) is 72.3 Å². The van der Waals surface area contributed by atoms with Gasteiger partial charge in [0.15, 0.2) is 0 Å². The van der Waals surface area contributed by atoms with Crippen molar-refractivity contribution in [3.63, 3.8) is 0 Å². The van der Waals surface area contributed by atoms with Gasteiger partial charge in [0.2, 0.25) is 10.4 Å². The van der Waals surface area contributed by atoms with Crippen LogP contribution in [0.1, 0.15) is 0 Å². The van der Waals surface area contributed by atoms with Crippen molar-refractivity contribution >= 4 is 10.4 Å². The molecule has 0 atom stereocenters. The molecule has 0 bridgehead atoms. The van der Waals surface area contributed by atoms with Crippen LogP contribution in [-0.2, 0) is 10.4 Å². The minimum Gasteiger partial charge on any atom is -1.00 e. The minimum atomic E-state index is -4.92. The monoisotopic (exact) mass is 374 g/mol. The van der Waals surface area contributed by atoms with Crippen LogP contribution >= 0.6 is 0 Å². The predicted molar refractivity (Wildman–Crippen MR) is 48.5 cm³/mol. The second kappa shape index (κ2) is 93.1. The molecule has 0 rings (SSSR count). The van der Waals surface area contributed by atoms with Gasteiger partial charge in [0, 0.05) is 0 Å². The third-order valence-corrected chi connectivity index (χ3v) is 0. The van der Waals surface area contributed by atoms with E-state index in [1.54, 1.807) is 0 Å². The summed E-state index contributed by atoms with van der Waals surface area (Å²) in [5.41, 5.74) is 0. The molecule has 0 aliphatic rings. The zero-order valence-corrected chi connectivity index (χ0v) is 16.2. The maximum Gasteiger partial charge on any atom is 1.00 e. The molecule has 21 N–H and O–H groups in total. The molecule has 0 aromatic rings. The molecule has 0 radical (unpaired) electrons. The zero-order chi connectivity index (χ0) is 4.50. The maximum atomic E-state index is 8.63. The standard InChI is InChI=1S/ClH.K.Na.H2O4S.10H2O/c;;;1-5(2,3)4;;;;;;;;;;/h1H;;;(H2,1,2,3,4);10*1H2/q;2*+1;;;;;;;;;;;/p-2. The Morgan fingerprint density at radius 1 is 0.667 bits per heavy atom. The summed E-state index contributed by atoms with van der Waals surface area (Å²) < 4.78 is 32.8. The van der Waals surface area contributed by atoms with E-state index in [0.29, 0.717) is 0 Å². The molecule has 18 heavy (non-hydrogen) atoms. The third kappa shape index (κ3) is 969. The molecule has 0 fully saturated rings. The molecular formula is H21ClKNaO14S. The fourth-order valence-electron chi connectivity index (χ4n) is 0. The summed E-state index contributed by atoms with van der Waals surface area (Å²) in [7, 11) is -4.92. The molecule has 0 amide bonds. The molecule has 120 valence electrons. The van der Waals surface area contributed by atoms with Crippen molar-refractivity contribution in [2.75, 3.05) is 0 Å². The largest absolute Gasteiger partial charge is 1.00 e. The van der Waals surface area contributed by atoms with Gasteiger partial charge in [-0.3, -0.25) is 4.55 Å². The van der Waals surface area contributed by atoms with Crippen molar-refractivity contribution < 1.29 is 166 Å². The van der Waals surface area contributed by atoms with Gasteiger partial charge in [0.1, 0.15) is 0 Å². The van der Waals surface area contributed by atoms with Crippen LogP contribution in [0.15, 0.2) is 0 Å². The van der Waals surface area contributed by atoms with Crippen LogP contribution in [0.25, 0.3) is 0 Å². The van der Waals surface area contributed by atoms with Crippen molar-refractivity contribution in [1.82, 2.24) is 0 Å². The number of hydrogen-bond donors (Lipinski definition) is 1. The van der Waals surface area contributed by atoms with Crippen molar-refractivity contribution in [2.24, 2.45) is 0 Å². The molecule has 0 saturated heterocycles. The topological polar surface area (TPSA) is 392 Å². The molecule has 0 aromatic carbocycles. The van der Waals surface area contributed by atoms with E-state index in [2.05, 4.69) is 0 Å². The first-order valence-electron chi connectivity index (χ1n) is 0.683. The second-order valence-corrected chi connectivity index (χ2v) is 1.28. The first kappa shape index (κ1) is 188. The van der Waals surface area contributed by atoms with Gasteiger partial charge in [-0.15, -0.1) is 0 Å². The molecule has 0 aromatic heterocycles. The van der Waals surface area contributed by atoms with Crippen molar-refractivity contribution in [1.29, 1.82) is 0 Å². The smallest absolute Gasteiger partial charge is 1.00 e. The molecule has 0 aliphatic heterocycles. The zero-order valence-electron chi connectivity index (χ0n) is 9.46. The van der Waals surface area contributed by atoms with Gasteiger partial charge < -0.3 is 71.7 Å². The van der Waals surface area contributed by atoms with Crippen LogP contribution in [0, 0.1) is 0 Å². The first-order chi connectivity index (χ1) is 2.00. The van der Waals surface area contributed by atoms with E-state index in [1.807, 2.05) is 0 Å². The summed E-state index contributed by atoms with van der Waals surface area (Å²) in [6.07, 6.45) is 0. The summed E-state index contributed by atoms with van der Waals surface area (Å²) in [5.74, 6) is 0. The van der Waals surface area contributed by atoms with Crippen LogP contribution in [0.5, 0.6) is 0 Å². The van der Waals surface area contributed by atoms with E-state index < -0.39 is 10.4 Å². The quantitative estimate of drug-likeness (QED) is 0.244. The van der Waals surface area contributed by atoms with Crippen molar-refractivity contribution in [2.45, 2.75) is 0 Å². The van der Waals surface area contributed by atoms with Gasteiger partial charge in [-0.25, -0.2) is 8.42 Å². The van der Waals surface area contributed by atoms with Gasteiger partial charge in [-0.2, -0.15) is 0 Å². The second-order valence-electron chi connectivity index (χ2n) is 0.428. The number of hydrogen-bond acceptors (Lipinski definition) is 3. The molecule has 18 heteroatoms. The average molecular weight is 375 g/mol. The van der Waals surface area contributed by atoms with Gasteiger partial charge in [-0.1, -0.05) is 0 Å². The Hall–Kier alpha value is 2.40. The first-order valence-corrected chi connectivity index (χ1v) is 2.05. The van der Waals surface area contributed by atoms with Gasteiger partial charge in [0.25, 0.3) is 0 Å². The number of halogens is 1. The van der Waals surface area contributed by atoms with Gasteiger partial charge in [-0.05, 0) is 0 Å². The van der Waals surface area contributed by atoms with Crippen LogP contribution in [0.3, 0.4) is 0 Å². The normalized spacial score (nSPS) is 3.22. The Bertz CT molecular complexity index is 105. The van der Waals surface area contributed by atoms with Crippen LogP contribution < -0.4 is 93.3 Å². The van der Waals surface area contributed by atoms with Crippen LogP contribution in [0.2, 0.25) is 0 Å². The predicted octanol–water partition coefficient (Wildman–Crippen LogP) is -18.2. The molecule has 0 saturated carbocycles. The summed E-state index contributed by atoms with van der Waals surface area (Å²) in [6.45, 7) is 0. The fourth-order valence-corrected chi connectivity index (χ4v) is 0. The summed E-state index contributed by atoms with van der Waals surface area (Å²) in [5, 5.41) is 0. The van der Waals surface area contributed by atoms with E-state index in [-0.39, 0.29) is 148 Å². The van der Waals surface area contributed by atoms with E-state index in [1.165, 1.54) is 0 Å². The SMILES string of the molecule is O.O.O.O.O.O.O.O.O.O.O=S(=O)([O-])O.[Cl-].[K+].[Na+]. The third-order valence-electron chi connectivity index (χ3n) is 0. The molecule has 0 heterocycles. The molecule has 0 spiro atoms. The summed E-state index contributed by atoms with van der Waals surface area (Å²) in [4.78, 5) is 0. The summed E-state index contributed by atoms with van der Waals surface area (Å²) in [6, 6.07) is 0. The van der Waals surface area contributed by atoms with E-state index in [4.69, 9.17) is 17.5 Å². The maximum absolute atomic E-state index is 8.63. The summed E-state index contributed by atoms with van der Waals surface area (Å²) >= 11 is 0. The average Bonchev–Trinajstić information content (AvgIpc) is 0.722. The van der Waals surface area contributed by atoms with Crippen molar-refractivity contribution in [3.8, 4) is 0 Å². The Labute approximate surface area is 173 Å². The van der Waals surface area contributed by atoms with E-state index >= 15 is 0 Å². The number of rotatable bonds is 0. The molecular weight excluding hydrogens is 354 g/mol. The van der Waals surface area contributed by atoms with E-state index in [0.717, 1.165) is 0 Å². The van der Waals surface area contributed by atoms with Crippen molar-refractivity contribution in [3.05, 3.63) is 0 Å². The molecule has 14 nitrogen and oxygen atoms in total. The van der Waals surface area contributed by atoms with E-state index in [9.17, 15) is 0 Å². The fraction of sp³-hybridized carbons (Fsp3) is 0. The van der Waals surface area contributed by atoms with Gasteiger partial charge in [0.05, 0.1) is 0 Å². The molecule has 0 unspecified atom stereocenters. The Morgan fingerprint density at radius 3 is 0.667 bits per heavy atom. The van der Waals surface area contributed by atoms with Gasteiger partial charge >= 0.3 is 80.9 Å². The molecule has 0 aliphatic carbocycles. The van der Waals surface area contributed by atoms with Crippen LogP contribution in [0.4, 0.5) is 0 Å². The minimum absolute atomic E-state index is 0.